The van der Waals surface area contributed by atoms with Crippen molar-refractivity contribution >= 4 is 12.0 Å². The summed E-state index contributed by atoms with van der Waals surface area (Å²) >= 11 is 0. The second kappa shape index (κ2) is 7.96. The predicted octanol–water partition coefficient (Wildman–Crippen LogP) is 0.0325. The number of unbranched alkanes of at least 4 members (excludes halogenated alkanes) is 2. The molecule has 0 aliphatic carbocycles. The van der Waals surface area contributed by atoms with Gasteiger partial charge in [0.05, 0.1) is 6.10 Å². The summed E-state index contributed by atoms with van der Waals surface area (Å²) in [4.78, 5) is 24.0. The Labute approximate surface area is 112 Å². The number of carboxylic acids is 1. The molecule has 3 N–H and O–H groups in total. The van der Waals surface area contributed by atoms with Crippen LogP contribution < -0.4 is 5.32 Å². The van der Waals surface area contributed by atoms with Gasteiger partial charge in [0, 0.05) is 33.2 Å². The number of ether oxygens (including phenoxy) is 1. The number of hydrogen-bond acceptors (Lipinski definition) is 4. The maximum atomic E-state index is 11.8. The Balaban J connectivity index is 2.26. The lowest BCUT2D eigenvalue weighted by Crippen LogP contribution is -2.46. The number of urea groups is 1. The van der Waals surface area contributed by atoms with Crippen molar-refractivity contribution in [1.82, 2.24) is 10.2 Å². The lowest BCUT2D eigenvalue weighted by molar-refractivity contribution is -0.141. The number of aliphatic hydroxyl groups is 1. The molecule has 1 aliphatic heterocycles. The second-order valence-electron chi connectivity index (χ2n) is 4.68. The SMILES string of the molecule is COCCCCCNC(=O)N1CC(O)C[C@H]1C(=O)O. The molecule has 7 nitrogen and oxygen atoms in total. The average molecular weight is 274 g/mol. The first kappa shape index (κ1) is 15.7. The lowest BCUT2D eigenvalue weighted by atomic mass is 10.2. The van der Waals surface area contributed by atoms with E-state index in [4.69, 9.17) is 9.84 Å². The molecule has 1 saturated heterocycles. The van der Waals surface area contributed by atoms with Gasteiger partial charge in [-0.05, 0) is 19.3 Å². The van der Waals surface area contributed by atoms with E-state index in [0.29, 0.717) is 13.2 Å². The Morgan fingerprint density at radius 2 is 2.11 bits per heavy atom. The highest BCUT2D eigenvalue weighted by Crippen LogP contribution is 2.18. The molecule has 110 valence electrons. The molecule has 0 radical (unpaired) electrons. The van der Waals surface area contributed by atoms with Crippen molar-refractivity contribution in [3.05, 3.63) is 0 Å². The Hall–Kier alpha value is -1.34. The number of β-amino-alcohol motifs (C(OH)–C–C–N with tert-alkyl or cyclic N) is 1. The summed E-state index contributed by atoms with van der Waals surface area (Å²) in [6, 6.07) is -1.35. The molecule has 0 saturated carbocycles. The van der Waals surface area contributed by atoms with Crippen molar-refractivity contribution in [2.75, 3.05) is 26.8 Å². The highest BCUT2D eigenvalue weighted by Gasteiger charge is 2.38. The maximum Gasteiger partial charge on any atom is 0.326 e. The summed E-state index contributed by atoms with van der Waals surface area (Å²) in [6.07, 6.45) is 2.04. The van der Waals surface area contributed by atoms with Crippen molar-refractivity contribution in [1.29, 1.82) is 0 Å². The van der Waals surface area contributed by atoms with Crippen molar-refractivity contribution in [3.8, 4) is 0 Å². The highest BCUT2D eigenvalue weighted by molar-refractivity contribution is 5.83. The van der Waals surface area contributed by atoms with Crippen molar-refractivity contribution in [2.24, 2.45) is 0 Å². The molecule has 0 aromatic rings. The molecule has 1 rings (SSSR count). The summed E-state index contributed by atoms with van der Waals surface area (Å²) in [5.74, 6) is -1.08. The molecule has 0 spiro atoms. The van der Waals surface area contributed by atoms with Gasteiger partial charge in [0.2, 0.25) is 0 Å². The first-order chi connectivity index (χ1) is 9.06. The number of aliphatic carboxylic acids is 1. The number of amides is 2. The summed E-state index contributed by atoms with van der Waals surface area (Å²) in [7, 11) is 1.65. The van der Waals surface area contributed by atoms with E-state index in [9.17, 15) is 14.7 Å². The van der Waals surface area contributed by atoms with Crippen LogP contribution in [-0.4, -0.2) is 66.1 Å². The number of hydrogen-bond donors (Lipinski definition) is 3. The van der Waals surface area contributed by atoms with Crippen LogP contribution >= 0.6 is 0 Å². The molecule has 0 aromatic heterocycles. The fourth-order valence-corrected chi connectivity index (χ4v) is 2.12. The quantitative estimate of drug-likeness (QED) is 0.569. The van der Waals surface area contributed by atoms with Gasteiger partial charge >= 0.3 is 12.0 Å². The number of aliphatic hydroxyl groups excluding tert-OH is 1. The molecule has 1 fully saturated rings. The van der Waals surface area contributed by atoms with E-state index in [2.05, 4.69) is 5.32 Å². The summed E-state index contributed by atoms with van der Waals surface area (Å²) in [5.41, 5.74) is 0. The number of likely N-dealkylation sites (tertiary alicyclic amines) is 1. The Bertz CT molecular complexity index is 310. The Morgan fingerprint density at radius 1 is 1.37 bits per heavy atom. The van der Waals surface area contributed by atoms with Gasteiger partial charge in [-0.15, -0.1) is 0 Å². The van der Waals surface area contributed by atoms with Gasteiger partial charge in [-0.1, -0.05) is 0 Å². The van der Waals surface area contributed by atoms with Crippen LogP contribution in [0.5, 0.6) is 0 Å². The lowest BCUT2D eigenvalue weighted by Gasteiger charge is -2.21. The van der Waals surface area contributed by atoms with Crippen LogP contribution in [0.4, 0.5) is 4.79 Å². The summed E-state index contributed by atoms with van der Waals surface area (Å²) in [5, 5.41) is 21.1. The number of carbonyl (C=O) groups is 2. The van der Waals surface area contributed by atoms with Gasteiger partial charge in [-0.3, -0.25) is 0 Å². The van der Waals surface area contributed by atoms with Gasteiger partial charge in [-0.25, -0.2) is 9.59 Å². The first-order valence-corrected chi connectivity index (χ1v) is 6.50. The second-order valence-corrected chi connectivity index (χ2v) is 4.68. The summed E-state index contributed by atoms with van der Waals surface area (Å²) in [6.45, 7) is 1.28. The Morgan fingerprint density at radius 3 is 2.74 bits per heavy atom. The molecule has 1 aliphatic rings. The molecule has 19 heavy (non-hydrogen) atoms. The molecular formula is C12H22N2O5. The van der Waals surface area contributed by atoms with E-state index in [0.717, 1.165) is 19.3 Å². The highest BCUT2D eigenvalue weighted by atomic mass is 16.5. The van der Waals surface area contributed by atoms with Gasteiger partial charge in [-0.2, -0.15) is 0 Å². The molecule has 0 bridgehead atoms. The van der Waals surface area contributed by atoms with Crippen LogP contribution in [0.25, 0.3) is 0 Å². The zero-order chi connectivity index (χ0) is 14.3. The number of rotatable bonds is 7. The molecule has 2 amide bonds. The fourth-order valence-electron chi connectivity index (χ4n) is 2.12. The Kier molecular flexibility index (Phi) is 6.58. The third-order valence-electron chi connectivity index (χ3n) is 3.13. The number of nitrogens with one attached hydrogen (secondary N) is 1. The topological polar surface area (TPSA) is 99.1 Å². The van der Waals surface area contributed by atoms with Crippen molar-refractivity contribution < 1.29 is 24.5 Å². The minimum absolute atomic E-state index is 0.0759. The zero-order valence-corrected chi connectivity index (χ0v) is 11.2. The zero-order valence-electron chi connectivity index (χ0n) is 11.2. The van der Waals surface area contributed by atoms with Crippen LogP contribution in [0.3, 0.4) is 0 Å². The number of methoxy groups -OCH3 is 1. The molecular weight excluding hydrogens is 252 g/mol. The van der Waals surface area contributed by atoms with Crippen LogP contribution in [0, 0.1) is 0 Å². The van der Waals surface area contributed by atoms with E-state index in [1.165, 1.54) is 4.90 Å². The van der Waals surface area contributed by atoms with Crippen LogP contribution in [0.1, 0.15) is 25.7 Å². The van der Waals surface area contributed by atoms with Gasteiger partial charge in [0.15, 0.2) is 0 Å². The molecule has 2 atom stereocenters. The fraction of sp³-hybridized carbons (Fsp3) is 0.833. The minimum atomic E-state index is -1.08. The van der Waals surface area contributed by atoms with E-state index in [1.807, 2.05) is 0 Å². The van der Waals surface area contributed by atoms with Gasteiger partial charge < -0.3 is 25.2 Å². The summed E-state index contributed by atoms with van der Waals surface area (Å²) < 4.78 is 4.91. The maximum absolute atomic E-state index is 11.8. The standard InChI is InChI=1S/C12H22N2O5/c1-19-6-4-2-3-5-13-12(18)14-8-9(15)7-10(14)11(16)17/h9-10,15H,2-8H2,1H3,(H,13,18)(H,16,17)/t9?,10-/m0/s1. The normalized spacial score (nSPS) is 22.5. The average Bonchev–Trinajstić information content (AvgIpc) is 2.76. The molecule has 0 aromatic carbocycles. The minimum Gasteiger partial charge on any atom is -0.480 e. The predicted molar refractivity (Wildman–Crippen MR) is 67.9 cm³/mol. The van der Waals surface area contributed by atoms with E-state index < -0.39 is 24.1 Å². The third-order valence-corrected chi connectivity index (χ3v) is 3.13. The number of nitrogens with zero attached hydrogens (tertiary/aromatic N) is 1. The molecule has 1 unspecified atom stereocenters. The molecule has 1 heterocycles. The van der Waals surface area contributed by atoms with Gasteiger partial charge in [0.25, 0.3) is 0 Å². The van der Waals surface area contributed by atoms with Gasteiger partial charge in [0.1, 0.15) is 6.04 Å². The monoisotopic (exact) mass is 274 g/mol. The van der Waals surface area contributed by atoms with E-state index in [1.54, 1.807) is 7.11 Å². The van der Waals surface area contributed by atoms with Crippen molar-refractivity contribution in [3.63, 3.8) is 0 Å². The van der Waals surface area contributed by atoms with Crippen LogP contribution in [0.2, 0.25) is 0 Å². The van der Waals surface area contributed by atoms with E-state index in [-0.39, 0.29) is 13.0 Å². The third kappa shape index (κ3) is 5.04. The molecule has 7 heteroatoms. The number of carbonyl (C=O) groups excluding carboxylic acids is 1. The number of carboxylic acid groups (broad SMARTS) is 1. The smallest absolute Gasteiger partial charge is 0.326 e. The first-order valence-electron chi connectivity index (χ1n) is 6.50. The van der Waals surface area contributed by atoms with Crippen LogP contribution in [0.15, 0.2) is 0 Å². The van der Waals surface area contributed by atoms with Crippen molar-refractivity contribution in [2.45, 2.75) is 37.8 Å². The van der Waals surface area contributed by atoms with E-state index >= 15 is 0 Å². The largest absolute Gasteiger partial charge is 0.480 e. The van der Waals surface area contributed by atoms with Crippen LogP contribution in [-0.2, 0) is 9.53 Å².